The van der Waals surface area contributed by atoms with E-state index in [0.717, 1.165) is 36.7 Å². The Labute approximate surface area is 125 Å². The first kappa shape index (κ1) is 15.7. The average molecular weight is 292 g/mol. The lowest BCUT2D eigenvalue weighted by molar-refractivity contribution is 0.199. The van der Waals surface area contributed by atoms with Crippen molar-refractivity contribution in [2.75, 3.05) is 20.3 Å². The molecule has 21 heavy (non-hydrogen) atoms. The molecule has 0 aliphatic rings. The average Bonchev–Trinajstić information content (AvgIpc) is 3.10. The lowest BCUT2D eigenvalue weighted by Crippen LogP contribution is -2.19. The fourth-order valence-corrected chi connectivity index (χ4v) is 2.12. The van der Waals surface area contributed by atoms with Gasteiger partial charge in [0.15, 0.2) is 5.82 Å². The molecular formula is C14H24N6O. The van der Waals surface area contributed by atoms with Crippen LogP contribution in [-0.2, 0) is 30.8 Å². The number of nitrogens with zero attached hydrogens (tertiary/aromatic N) is 5. The predicted octanol–water partition coefficient (Wildman–Crippen LogP) is 0.841. The highest BCUT2D eigenvalue weighted by molar-refractivity contribution is 5.10. The molecule has 0 saturated carbocycles. The number of hydrogen-bond donors (Lipinski definition) is 1. The van der Waals surface area contributed by atoms with Gasteiger partial charge >= 0.3 is 0 Å². The molecule has 116 valence electrons. The minimum atomic E-state index is 0.656. The molecule has 0 aliphatic heterocycles. The van der Waals surface area contributed by atoms with Gasteiger partial charge in [-0.1, -0.05) is 6.92 Å². The number of aryl methyl sites for hydroxylation is 2. The van der Waals surface area contributed by atoms with Crippen molar-refractivity contribution in [3.05, 3.63) is 29.6 Å². The summed E-state index contributed by atoms with van der Waals surface area (Å²) in [7, 11) is 1.69. The number of hydrogen-bond acceptors (Lipinski definition) is 5. The molecule has 0 unspecified atom stereocenters. The first-order valence-electron chi connectivity index (χ1n) is 7.40. The zero-order valence-electron chi connectivity index (χ0n) is 13.0. The van der Waals surface area contributed by atoms with E-state index in [2.05, 4.69) is 40.4 Å². The number of nitrogens with one attached hydrogen (secondary N) is 1. The second-order valence-electron chi connectivity index (χ2n) is 4.82. The number of ether oxygens (including phenoxy) is 1. The van der Waals surface area contributed by atoms with Crippen molar-refractivity contribution >= 4 is 0 Å². The third-order valence-electron chi connectivity index (χ3n) is 3.25. The standard InChI is InChI=1S/C14H24N6O/c1-4-12-8-13(20(5-2)17-12)10-19-11-16-14(18-19)9-15-6-7-21-3/h8,11,15H,4-7,9-10H2,1-3H3. The maximum absolute atomic E-state index is 4.98. The Morgan fingerprint density at radius 1 is 1.29 bits per heavy atom. The van der Waals surface area contributed by atoms with E-state index < -0.39 is 0 Å². The monoisotopic (exact) mass is 292 g/mol. The molecule has 7 nitrogen and oxygen atoms in total. The smallest absolute Gasteiger partial charge is 0.164 e. The third kappa shape index (κ3) is 4.37. The Morgan fingerprint density at radius 2 is 2.14 bits per heavy atom. The first-order valence-corrected chi connectivity index (χ1v) is 7.40. The van der Waals surface area contributed by atoms with Crippen molar-refractivity contribution in [2.45, 2.75) is 39.9 Å². The molecule has 1 N–H and O–H groups in total. The summed E-state index contributed by atoms with van der Waals surface area (Å²) in [6.07, 6.45) is 2.72. The van der Waals surface area contributed by atoms with Crippen LogP contribution < -0.4 is 5.32 Å². The highest BCUT2D eigenvalue weighted by Crippen LogP contribution is 2.07. The molecule has 0 bridgehead atoms. The fraction of sp³-hybridized carbons (Fsp3) is 0.643. The minimum absolute atomic E-state index is 0.656. The molecule has 2 aromatic heterocycles. The van der Waals surface area contributed by atoms with Crippen LogP contribution in [0.25, 0.3) is 0 Å². The van der Waals surface area contributed by atoms with Gasteiger partial charge in [0.05, 0.1) is 31.1 Å². The van der Waals surface area contributed by atoms with Crippen molar-refractivity contribution < 1.29 is 4.74 Å². The largest absolute Gasteiger partial charge is 0.383 e. The van der Waals surface area contributed by atoms with Crippen molar-refractivity contribution in [1.82, 2.24) is 29.9 Å². The van der Waals surface area contributed by atoms with Crippen molar-refractivity contribution in [1.29, 1.82) is 0 Å². The molecule has 0 spiro atoms. The lowest BCUT2D eigenvalue weighted by Gasteiger charge is -2.04. The Kier molecular flexibility index (Phi) is 5.89. The molecule has 0 radical (unpaired) electrons. The first-order chi connectivity index (χ1) is 10.3. The van der Waals surface area contributed by atoms with Crippen LogP contribution in [0.1, 0.15) is 31.1 Å². The molecule has 0 aliphatic carbocycles. The second-order valence-corrected chi connectivity index (χ2v) is 4.82. The summed E-state index contributed by atoms with van der Waals surface area (Å²) in [6, 6.07) is 2.14. The van der Waals surface area contributed by atoms with Crippen LogP contribution >= 0.6 is 0 Å². The molecule has 0 atom stereocenters. The van der Waals surface area contributed by atoms with Gasteiger partial charge in [0.1, 0.15) is 6.33 Å². The topological polar surface area (TPSA) is 69.8 Å². The van der Waals surface area contributed by atoms with Gasteiger partial charge < -0.3 is 10.1 Å². The Hall–Kier alpha value is -1.73. The lowest BCUT2D eigenvalue weighted by atomic mass is 10.3. The molecule has 2 rings (SSSR count). The fourth-order valence-electron chi connectivity index (χ4n) is 2.12. The van der Waals surface area contributed by atoms with Crippen LogP contribution in [0.2, 0.25) is 0 Å². The highest BCUT2D eigenvalue weighted by Gasteiger charge is 2.08. The van der Waals surface area contributed by atoms with E-state index in [1.165, 1.54) is 0 Å². The summed E-state index contributed by atoms with van der Waals surface area (Å²) < 4.78 is 8.87. The van der Waals surface area contributed by atoms with Gasteiger partial charge in [0, 0.05) is 20.2 Å². The minimum Gasteiger partial charge on any atom is -0.383 e. The Morgan fingerprint density at radius 3 is 2.86 bits per heavy atom. The number of aromatic nitrogens is 5. The quantitative estimate of drug-likeness (QED) is 0.694. The van der Waals surface area contributed by atoms with Crippen molar-refractivity contribution in [3.8, 4) is 0 Å². The summed E-state index contributed by atoms with van der Waals surface area (Å²) >= 11 is 0. The molecular weight excluding hydrogens is 268 g/mol. The summed E-state index contributed by atoms with van der Waals surface area (Å²) in [5.74, 6) is 0.796. The van der Waals surface area contributed by atoms with E-state index in [1.807, 2.05) is 9.36 Å². The molecule has 0 aromatic carbocycles. The van der Waals surface area contributed by atoms with Crippen molar-refractivity contribution in [2.24, 2.45) is 0 Å². The van der Waals surface area contributed by atoms with Gasteiger partial charge in [-0.05, 0) is 19.4 Å². The molecule has 0 saturated heterocycles. The summed E-state index contributed by atoms with van der Waals surface area (Å²) in [4.78, 5) is 4.31. The van der Waals surface area contributed by atoms with E-state index in [-0.39, 0.29) is 0 Å². The molecule has 0 fully saturated rings. The zero-order chi connectivity index (χ0) is 15.1. The van der Waals surface area contributed by atoms with Gasteiger partial charge in [-0.15, -0.1) is 0 Å². The Bertz CT molecular complexity index is 547. The van der Waals surface area contributed by atoms with Crippen LogP contribution in [0, 0.1) is 0 Å². The molecule has 2 heterocycles. The normalized spacial score (nSPS) is 11.2. The summed E-state index contributed by atoms with van der Waals surface area (Å²) in [6.45, 7) is 7.93. The predicted molar refractivity (Wildman–Crippen MR) is 80.0 cm³/mol. The van der Waals surface area contributed by atoms with E-state index in [1.54, 1.807) is 13.4 Å². The highest BCUT2D eigenvalue weighted by atomic mass is 16.5. The van der Waals surface area contributed by atoms with E-state index in [9.17, 15) is 0 Å². The van der Waals surface area contributed by atoms with Crippen LogP contribution in [0.4, 0.5) is 0 Å². The van der Waals surface area contributed by atoms with Gasteiger partial charge in [0.2, 0.25) is 0 Å². The number of methoxy groups -OCH3 is 1. The zero-order valence-corrected chi connectivity index (χ0v) is 13.0. The van der Waals surface area contributed by atoms with Crippen LogP contribution in [0.15, 0.2) is 12.4 Å². The van der Waals surface area contributed by atoms with Gasteiger partial charge in [0.25, 0.3) is 0 Å². The van der Waals surface area contributed by atoms with E-state index in [0.29, 0.717) is 19.7 Å². The summed E-state index contributed by atoms with van der Waals surface area (Å²) in [5.41, 5.74) is 2.28. The van der Waals surface area contributed by atoms with Gasteiger partial charge in [-0.2, -0.15) is 10.2 Å². The maximum Gasteiger partial charge on any atom is 0.164 e. The van der Waals surface area contributed by atoms with E-state index in [4.69, 9.17) is 4.74 Å². The second kappa shape index (κ2) is 7.90. The summed E-state index contributed by atoms with van der Waals surface area (Å²) in [5, 5.41) is 12.3. The third-order valence-corrected chi connectivity index (χ3v) is 3.25. The molecule has 2 aromatic rings. The van der Waals surface area contributed by atoms with Crippen LogP contribution in [0.5, 0.6) is 0 Å². The van der Waals surface area contributed by atoms with Crippen LogP contribution in [0.3, 0.4) is 0 Å². The molecule has 7 heteroatoms. The van der Waals surface area contributed by atoms with Gasteiger partial charge in [-0.25, -0.2) is 9.67 Å². The van der Waals surface area contributed by atoms with Crippen molar-refractivity contribution in [3.63, 3.8) is 0 Å². The maximum atomic E-state index is 4.98. The Balaban J connectivity index is 1.94. The molecule has 0 amide bonds. The SMILES string of the molecule is CCc1cc(Cn2cnc(CNCCOC)n2)n(CC)n1. The van der Waals surface area contributed by atoms with Gasteiger partial charge in [-0.3, -0.25) is 4.68 Å². The number of rotatable bonds is 9. The van der Waals surface area contributed by atoms with E-state index >= 15 is 0 Å². The van der Waals surface area contributed by atoms with Crippen LogP contribution in [-0.4, -0.2) is 44.8 Å².